The van der Waals surface area contributed by atoms with Crippen molar-refractivity contribution in [3.63, 3.8) is 0 Å². The molecular weight excluding hydrogens is 268 g/mol. The fourth-order valence-electron chi connectivity index (χ4n) is 1.96. The highest BCUT2D eigenvalue weighted by molar-refractivity contribution is 7.08. The summed E-state index contributed by atoms with van der Waals surface area (Å²) in [5.74, 6) is 1.51. The highest BCUT2D eigenvalue weighted by Crippen LogP contribution is 2.26. The van der Waals surface area contributed by atoms with E-state index in [1.54, 1.807) is 11.3 Å². The van der Waals surface area contributed by atoms with Gasteiger partial charge in [0.05, 0.1) is 11.2 Å². The van der Waals surface area contributed by atoms with Crippen LogP contribution >= 0.6 is 11.3 Å². The molecule has 2 N–H and O–H groups in total. The summed E-state index contributed by atoms with van der Waals surface area (Å²) in [6, 6.07) is 10.1. The zero-order valence-electron chi connectivity index (χ0n) is 11.3. The van der Waals surface area contributed by atoms with Crippen LogP contribution in [0.1, 0.15) is 13.3 Å². The first-order valence-electron chi connectivity index (χ1n) is 6.66. The minimum atomic E-state index is 0.670. The summed E-state index contributed by atoms with van der Waals surface area (Å²) in [7, 11) is 0. The molecule has 20 heavy (non-hydrogen) atoms. The Balaban J connectivity index is 2.02. The van der Waals surface area contributed by atoms with Crippen LogP contribution in [0.4, 0.5) is 17.5 Å². The first kappa shape index (κ1) is 12.9. The molecule has 0 bridgehead atoms. The van der Waals surface area contributed by atoms with E-state index in [-0.39, 0.29) is 0 Å². The van der Waals surface area contributed by atoms with Crippen molar-refractivity contribution in [2.75, 3.05) is 17.2 Å². The second kappa shape index (κ2) is 5.88. The molecule has 102 valence electrons. The molecule has 5 heteroatoms. The van der Waals surface area contributed by atoms with Gasteiger partial charge in [-0.25, -0.2) is 4.98 Å². The summed E-state index contributed by atoms with van der Waals surface area (Å²) in [5.41, 5.74) is 2.00. The molecule has 0 radical (unpaired) electrons. The Labute approximate surface area is 121 Å². The van der Waals surface area contributed by atoms with Crippen LogP contribution in [0.5, 0.6) is 0 Å². The minimum Gasteiger partial charge on any atom is -0.354 e. The van der Waals surface area contributed by atoms with Crippen LogP contribution in [0.2, 0.25) is 0 Å². The van der Waals surface area contributed by atoms with E-state index in [1.165, 1.54) is 0 Å². The third-order valence-electron chi connectivity index (χ3n) is 2.92. The maximum Gasteiger partial charge on any atom is 0.225 e. The molecule has 0 unspecified atom stereocenters. The molecule has 0 aliphatic rings. The monoisotopic (exact) mass is 284 g/mol. The van der Waals surface area contributed by atoms with Crippen LogP contribution in [0, 0.1) is 0 Å². The topological polar surface area (TPSA) is 49.8 Å². The SMILES string of the molecule is CCCNc1nc(Nc2ccsc2)c2ccccc2n1. The predicted octanol–water partition coefficient (Wildman–Crippen LogP) is 4.26. The molecule has 0 aliphatic carbocycles. The number of fused-ring (bicyclic) bond motifs is 1. The maximum atomic E-state index is 4.58. The van der Waals surface area contributed by atoms with E-state index in [0.717, 1.165) is 35.4 Å². The van der Waals surface area contributed by atoms with Gasteiger partial charge in [-0.05, 0) is 30.0 Å². The van der Waals surface area contributed by atoms with Gasteiger partial charge < -0.3 is 10.6 Å². The average molecular weight is 284 g/mol. The van der Waals surface area contributed by atoms with E-state index >= 15 is 0 Å². The Morgan fingerprint density at radius 2 is 2.05 bits per heavy atom. The van der Waals surface area contributed by atoms with Crippen molar-refractivity contribution >= 4 is 39.7 Å². The lowest BCUT2D eigenvalue weighted by molar-refractivity contribution is 0.958. The number of para-hydroxylation sites is 1. The van der Waals surface area contributed by atoms with Crippen LogP contribution in [-0.2, 0) is 0 Å². The van der Waals surface area contributed by atoms with Gasteiger partial charge in [0, 0.05) is 17.3 Å². The highest BCUT2D eigenvalue weighted by Gasteiger charge is 2.07. The molecule has 0 amide bonds. The van der Waals surface area contributed by atoms with Crippen LogP contribution in [0.15, 0.2) is 41.1 Å². The fraction of sp³-hybridized carbons (Fsp3) is 0.200. The number of thiophene rings is 1. The molecule has 4 nitrogen and oxygen atoms in total. The van der Waals surface area contributed by atoms with Gasteiger partial charge in [-0.2, -0.15) is 16.3 Å². The summed E-state index contributed by atoms with van der Waals surface area (Å²) >= 11 is 1.66. The van der Waals surface area contributed by atoms with Crippen molar-refractivity contribution < 1.29 is 0 Å². The number of anilines is 3. The second-order valence-electron chi connectivity index (χ2n) is 4.48. The smallest absolute Gasteiger partial charge is 0.225 e. The zero-order valence-corrected chi connectivity index (χ0v) is 12.1. The third kappa shape index (κ3) is 2.72. The summed E-state index contributed by atoms with van der Waals surface area (Å²) in [4.78, 5) is 9.13. The molecule has 0 atom stereocenters. The predicted molar refractivity (Wildman–Crippen MR) is 85.9 cm³/mol. The van der Waals surface area contributed by atoms with Crippen molar-refractivity contribution in [1.29, 1.82) is 0 Å². The molecule has 0 saturated heterocycles. The van der Waals surface area contributed by atoms with E-state index in [0.29, 0.717) is 5.95 Å². The van der Waals surface area contributed by atoms with Gasteiger partial charge in [-0.1, -0.05) is 19.1 Å². The lowest BCUT2D eigenvalue weighted by Gasteiger charge is -2.10. The largest absolute Gasteiger partial charge is 0.354 e. The van der Waals surface area contributed by atoms with Gasteiger partial charge in [-0.3, -0.25) is 0 Å². The molecular formula is C15H16N4S. The van der Waals surface area contributed by atoms with Crippen molar-refractivity contribution in [2.45, 2.75) is 13.3 Å². The van der Waals surface area contributed by atoms with Crippen molar-refractivity contribution in [3.8, 4) is 0 Å². The van der Waals surface area contributed by atoms with Gasteiger partial charge >= 0.3 is 0 Å². The molecule has 3 aromatic rings. The van der Waals surface area contributed by atoms with Gasteiger partial charge in [0.25, 0.3) is 0 Å². The van der Waals surface area contributed by atoms with Crippen LogP contribution in [0.3, 0.4) is 0 Å². The molecule has 0 aliphatic heterocycles. The zero-order chi connectivity index (χ0) is 13.8. The minimum absolute atomic E-state index is 0.670. The Bertz CT molecular complexity index is 694. The quantitative estimate of drug-likeness (QED) is 0.735. The summed E-state index contributed by atoms with van der Waals surface area (Å²) in [5, 5.41) is 11.7. The van der Waals surface area contributed by atoms with Crippen LogP contribution in [-0.4, -0.2) is 16.5 Å². The normalized spacial score (nSPS) is 10.7. The molecule has 2 heterocycles. The second-order valence-corrected chi connectivity index (χ2v) is 5.26. The standard InChI is InChI=1S/C15H16N4S/c1-2-8-16-15-18-13-6-4-3-5-12(13)14(19-15)17-11-7-9-20-10-11/h3-7,9-10H,2,8H2,1H3,(H2,16,17,18,19). The Morgan fingerprint density at radius 3 is 2.85 bits per heavy atom. The van der Waals surface area contributed by atoms with Crippen LogP contribution < -0.4 is 10.6 Å². The molecule has 2 aromatic heterocycles. The van der Waals surface area contributed by atoms with Gasteiger partial charge in [0.15, 0.2) is 0 Å². The molecule has 0 spiro atoms. The Hall–Kier alpha value is -2.14. The lowest BCUT2D eigenvalue weighted by atomic mass is 10.2. The number of nitrogens with zero attached hydrogens (tertiary/aromatic N) is 2. The number of benzene rings is 1. The molecule has 3 rings (SSSR count). The van der Waals surface area contributed by atoms with E-state index in [1.807, 2.05) is 35.7 Å². The fourth-order valence-corrected chi connectivity index (χ4v) is 2.55. The summed E-state index contributed by atoms with van der Waals surface area (Å²) in [6.07, 6.45) is 1.05. The maximum absolute atomic E-state index is 4.58. The van der Waals surface area contributed by atoms with Crippen LogP contribution in [0.25, 0.3) is 10.9 Å². The lowest BCUT2D eigenvalue weighted by Crippen LogP contribution is -2.06. The molecule has 0 fully saturated rings. The Kier molecular flexibility index (Phi) is 3.78. The van der Waals surface area contributed by atoms with Gasteiger partial charge in [-0.15, -0.1) is 0 Å². The summed E-state index contributed by atoms with van der Waals surface area (Å²) < 4.78 is 0. The average Bonchev–Trinajstić information content (AvgIpc) is 2.98. The van der Waals surface area contributed by atoms with Crippen molar-refractivity contribution in [3.05, 3.63) is 41.1 Å². The first-order valence-corrected chi connectivity index (χ1v) is 7.61. The number of aromatic nitrogens is 2. The number of hydrogen-bond donors (Lipinski definition) is 2. The highest BCUT2D eigenvalue weighted by atomic mass is 32.1. The van der Waals surface area contributed by atoms with Gasteiger partial charge in [0.1, 0.15) is 5.82 Å². The van der Waals surface area contributed by atoms with Crippen molar-refractivity contribution in [1.82, 2.24) is 9.97 Å². The number of nitrogens with one attached hydrogen (secondary N) is 2. The first-order chi connectivity index (χ1) is 9.86. The van der Waals surface area contributed by atoms with Gasteiger partial charge in [0.2, 0.25) is 5.95 Å². The van der Waals surface area contributed by atoms with E-state index in [4.69, 9.17) is 0 Å². The Morgan fingerprint density at radius 1 is 1.15 bits per heavy atom. The molecule has 0 saturated carbocycles. The van der Waals surface area contributed by atoms with E-state index in [2.05, 4.69) is 32.9 Å². The van der Waals surface area contributed by atoms with E-state index in [9.17, 15) is 0 Å². The number of hydrogen-bond acceptors (Lipinski definition) is 5. The van der Waals surface area contributed by atoms with Crippen molar-refractivity contribution in [2.24, 2.45) is 0 Å². The molecule has 1 aromatic carbocycles. The summed E-state index contributed by atoms with van der Waals surface area (Å²) in [6.45, 7) is 2.99. The third-order valence-corrected chi connectivity index (χ3v) is 3.60. The van der Waals surface area contributed by atoms with E-state index < -0.39 is 0 Å². The number of rotatable bonds is 5.